The standard InChI is InChI=1S/C19H29N5O/c1-18(2,3)14-12-16(24(22-14)19(4,5)6)21-17(25)13-9-10-20-15(11-13)23(7)8/h9-12H,1-8H3,(H,21,25). The van der Waals surface area contributed by atoms with Crippen LogP contribution in [0.1, 0.15) is 57.6 Å². The van der Waals surface area contributed by atoms with Crippen LogP contribution in [0.3, 0.4) is 0 Å². The Hall–Kier alpha value is -2.37. The summed E-state index contributed by atoms with van der Waals surface area (Å²) in [7, 11) is 3.79. The van der Waals surface area contributed by atoms with Gasteiger partial charge >= 0.3 is 0 Å². The fraction of sp³-hybridized carbons (Fsp3) is 0.526. The molecule has 0 aliphatic carbocycles. The molecule has 2 aromatic rings. The molecule has 25 heavy (non-hydrogen) atoms. The molecule has 0 unspecified atom stereocenters. The third-order valence-corrected chi connectivity index (χ3v) is 3.82. The van der Waals surface area contributed by atoms with Gasteiger partial charge in [-0.15, -0.1) is 0 Å². The molecular weight excluding hydrogens is 314 g/mol. The zero-order valence-corrected chi connectivity index (χ0v) is 16.5. The summed E-state index contributed by atoms with van der Waals surface area (Å²) in [6.45, 7) is 12.5. The van der Waals surface area contributed by atoms with Crippen LogP contribution in [0, 0.1) is 0 Å². The van der Waals surface area contributed by atoms with Crippen LogP contribution < -0.4 is 10.2 Å². The van der Waals surface area contributed by atoms with Crippen molar-refractivity contribution in [3.8, 4) is 0 Å². The predicted octanol–water partition coefficient (Wildman–Crippen LogP) is 3.65. The number of nitrogens with one attached hydrogen (secondary N) is 1. The van der Waals surface area contributed by atoms with E-state index in [1.54, 1.807) is 18.3 Å². The van der Waals surface area contributed by atoms with Gasteiger partial charge in [-0.25, -0.2) is 9.67 Å². The quantitative estimate of drug-likeness (QED) is 0.924. The van der Waals surface area contributed by atoms with Crippen LogP contribution in [0.2, 0.25) is 0 Å². The Kier molecular flexibility index (Phi) is 4.93. The van der Waals surface area contributed by atoms with Crippen molar-refractivity contribution in [1.82, 2.24) is 14.8 Å². The molecule has 1 amide bonds. The summed E-state index contributed by atoms with van der Waals surface area (Å²) >= 11 is 0. The predicted molar refractivity (Wildman–Crippen MR) is 102 cm³/mol. The van der Waals surface area contributed by atoms with Crippen LogP contribution in [-0.2, 0) is 11.0 Å². The molecule has 0 spiro atoms. The van der Waals surface area contributed by atoms with E-state index in [4.69, 9.17) is 5.10 Å². The van der Waals surface area contributed by atoms with Gasteiger partial charge in [0.1, 0.15) is 11.6 Å². The number of nitrogens with zero attached hydrogens (tertiary/aromatic N) is 4. The van der Waals surface area contributed by atoms with Gasteiger partial charge in [-0.05, 0) is 32.9 Å². The number of anilines is 2. The van der Waals surface area contributed by atoms with Crippen molar-refractivity contribution in [2.24, 2.45) is 0 Å². The molecule has 0 radical (unpaired) electrons. The number of hydrogen-bond acceptors (Lipinski definition) is 4. The minimum Gasteiger partial charge on any atom is -0.363 e. The van der Waals surface area contributed by atoms with Gasteiger partial charge in [-0.1, -0.05) is 20.8 Å². The van der Waals surface area contributed by atoms with Crippen molar-refractivity contribution >= 4 is 17.5 Å². The third-order valence-electron chi connectivity index (χ3n) is 3.82. The van der Waals surface area contributed by atoms with Crippen LogP contribution in [0.15, 0.2) is 24.4 Å². The van der Waals surface area contributed by atoms with Gasteiger partial charge in [-0.2, -0.15) is 5.10 Å². The maximum absolute atomic E-state index is 12.7. The number of hydrogen-bond donors (Lipinski definition) is 1. The molecule has 2 aromatic heterocycles. The highest BCUT2D eigenvalue weighted by Gasteiger charge is 2.26. The summed E-state index contributed by atoms with van der Waals surface area (Å²) < 4.78 is 1.87. The second-order valence-corrected chi connectivity index (χ2v) is 8.50. The van der Waals surface area contributed by atoms with E-state index >= 15 is 0 Å². The number of rotatable bonds is 3. The molecule has 0 aliphatic rings. The second kappa shape index (κ2) is 6.50. The molecule has 2 rings (SSSR count). The van der Waals surface area contributed by atoms with Crippen molar-refractivity contribution < 1.29 is 4.79 Å². The number of pyridine rings is 1. The van der Waals surface area contributed by atoms with E-state index in [1.807, 2.05) is 29.7 Å². The van der Waals surface area contributed by atoms with Crippen molar-refractivity contribution in [3.05, 3.63) is 35.7 Å². The fourth-order valence-electron chi connectivity index (χ4n) is 2.34. The van der Waals surface area contributed by atoms with E-state index in [1.165, 1.54) is 0 Å². The largest absolute Gasteiger partial charge is 0.363 e. The molecule has 0 fully saturated rings. The Balaban J connectivity index is 2.37. The number of aromatic nitrogens is 3. The molecule has 2 heterocycles. The minimum atomic E-state index is -0.237. The number of amides is 1. The van der Waals surface area contributed by atoms with Gasteiger partial charge in [-0.3, -0.25) is 4.79 Å². The second-order valence-electron chi connectivity index (χ2n) is 8.50. The van der Waals surface area contributed by atoms with E-state index < -0.39 is 0 Å². The van der Waals surface area contributed by atoms with E-state index in [-0.39, 0.29) is 16.9 Å². The molecule has 0 saturated heterocycles. The normalized spacial score (nSPS) is 12.2. The maximum Gasteiger partial charge on any atom is 0.256 e. The lowest BCUT2D eigenvalue weighted by Gasteiger charge is -2.23. The van der Waals surface area contributed by atoms with E-state index in [0.717, 1.165) is 11.5 Å². The molecular formula is C19H29N5O. The van der Waals surface area contributed by atoms with E-state index in [2.05, 4.69) is 51.8 Å². The first-order chi connectivity index (χ1) is 11.4. The molecule has 0 bridgehead atoms. The van der Waals surface area contributed by atoms with Crippen molar-refractivity contribution in [2.45, 2.75) is 52.5 Å². The monoisotopic (exact) mass is 343 g/mol. The Morgan fingerprint density at radius 3 is 2.28 bits per heavy atom. The topological polar surface area (TPSA) is 63.1 Å². The molecule has 136 valence electrons. The first kappa shape index (κ1) is 19.0. The molecule has 0 aromatic carbocycles. The van der Waals surface area contributed by atoms with Crippen LogP contribution in [-0.4, -0.2) is 34.8 Å². The number of carbonyl (C=O) groups excluding carboxylic acids is 1. The zero-order chi connectivity index (χ0) is 19.0. The van der Waals surface area contributed by atoms with Crippen molar-refractivity contribution in [1.29, 1.82) is 0 Å². The Bertz CT molecular complexity index is 763. The molecule has 0 aliphatic heterocycles. The molecule has 0 atom stereocenters. The average molecular weight is 343 g/mol. The molecule has 0 saturated carbocycles. The van der Waals surface area contributed by atoms with Gasteiger partial charge in [0.25, 0.3) is 5.91 Å². The summed E-state index contributed by atoms with van der Waals surface area (Å²) in [5.41, 5.74) is 1.18. The first-order valence-electron chi connectivity index (χ1n) is 8.45. The Morgan fingerprint density at radius 1 is 1.12 bits per heavy atom. The van der Waals surface area contributed by atoms with Gasteiger partial charge in [0.15, 0.2) is 0 Å². The zero-order valence-electron chi connectivity index (χ0n) is 16.5. The highest BCUT2D eigenvalue weighted by molar-refractivity contribution is 6.04. The average Bonchev–Trinajstić information content (AvgIpc) is 2.91. The van der Waals surface area contributed by atoms with Gasteiger partial charge < -0.3 is 10.2 Å². The lowest BCUT2D eigenvalue weighted by atomic mass is 9.92. The summed E-state index contributed by atoms with van der Waals surface area (Å²) in [5, 5.41) is 7.73. The third kappa shape index (κ3) is 4.38. The van der Waals surface area contributed by atoms with E-state index in [0.29, 0.717) is 11.4 Å². The lowest BCUT2D eigenvalue weighted by Crippen LogP contribution is -2.27. The fourth-order valence-corrected chi connectivity index (χ4v) is 2.34. The number of carbonyl (C=O) groups is 1. The summed E-state index contributed by atoms with van der Waals surface area (Å²) in [4.78, 5) is 18.8. The molecule has 6 nitrogen and oxygen atoms in total. The lowest BCUT2D eigenvalue weighted by molar-refractivity contribution is 0.102. The van der Waals surface area contributed by atoms with Crippen LogP contribution in [0.4, 0.5) is 11.6 Å². The van der Waals surface area contributed by atoms with Crippen LogP contribution in [0.5, 0.6) is 0 Å². The highest BCUT2D eigenvalue weighted by atomic mass is 16.1. The van der Waals surface area contributed by atoms with E-state index in [9.17, 15) is 4.79 Å². The Labute approximate surface area is 150 Å². The smallest absolute Gasteiger partial charge is 0.256 e. The SMILES string of the molecule is CN(C)c1cc(C(=O)Nc2cc(C(C)(C)C)nn2C(C)(C)C)ccn1. The summed E-state index contributed by atoms with van der Waals surface area (Å²) in [6, 6.07) is 5.44. The molecule has 6 heteroatoms. The van der Waals surface area contributed by atoms with Crippen LogP contribution >= 0.6 is 0 Å². The summed E-state index contributed by atoms with van der Waals surface area (Å²) in [5.74, 6) is 1.27. The summed E-state index contributed by atoms with van der Waals surface area (Å²) in [6.07, 6.45) is 1.64. The van der Waals surface area contributed by atoms with Gasteiger partial charge in [0.2, 0.25) is 0 Å². The molecule has 1 N–H and O–H groups in total. The van der Waals surface area contributed by atoms with Gasteiger partial charge in [0, 0.05) is 37.3 Å². The van der Waals surface area contributed by atoms with Crippen molar-refractivity contribution in [3.63, 3.8) is 0 Å². The first-order valence-corrected chi connectivity index (χ1v) is 8.45. The van der Waals surface area contributed by atoms with Crippen LogP contribution in [0.25, 0.3) is 0 Å². The minimum absolute atomic E-state index is 0.0925. The van der Waals surface area contributed by atoms with Crippen molar-refractivity contribution in [2.75, 3.05) is 24.3 Å². The van der Waals surface area contributed by atoms with Gasteiger partial charge in [0.05, 0.1) is 11.2 Å². The Morgan fingerprint density at radius 2 is 1.76 bits per heavy atom. The highest BCUT2D eigenvalue weighted by Crippen LogP contribution is 2.28. The maximum atomic E-state index is 12.7.